The number of nitrogens with one attached hydrogen (secondary N) is 1. The summed E-state index contributed by atoms with van der Waals surface area (Å²) in [6, 6.07) is 7.79. The molecule has 0 fully saturated rings. The van der Waals surface area contributed by atoms with Crippen LogP contribution in [0.25, 0.3) is 0 Å². The molecule has 1 heterocycles. The quantitative estimate of drug-likeness (QED) is 0.854. The van der Waals surface area contributed by atoms with Crippen molar-refractivity contribution in [1.82, 2.24) is 9.55 Å². The fourth-order valence-corrected chi connectivity index (χ4v) is 1.93. The molecule has 4 nitrogen and oxygen atoms in total. The molecule has 0 saturated heterocycles. The molecule has 0 saturated carbocycles. The van der Waals surface area contributed by atoms with Gasteiger partial charge in [-0.1, -0.05) is 12.1 Å². The highest BCUT2D eigenvalue weighted by molar-refractivity contribution is 6.17. The van der Waals surface area contributed by atoms with E-state index in [1.807, 2.05) is 31.3 Å². The van der Waals surface area contributed by atoms with Crippen LogP contribution in [-0.4, -0.2) is 21.3 Å². The van der Waals surface area contributed by atoms with Crippen LogP contribution >= 0.6 is 11.6 Å². The maximum absolute atomic E-state index is 11.9. The highest BCUT2D eigenvalue weighted by Crippen LogP contribution is 2.13. The number of benzene rings is 1. The molecule has 0 bridgehead atoms. The number of imidazole rings is 1. The number of hydrogen-bond acceptors (Lipinski definition) is 2. The number of aromatic nitrogens is 2. The Labute approximate surface area is 117 Å². The molecule has 0 radical (unpaired) electrons. The zero-order chi connectivity index (χ0) is 13.7. The summed E-state index contributed by atoms with van der Waals surface area (Å²) >= 11 is 5.68. The van der Waals surface area contributed by atoms with E-state index in [1.165, 1.54) is 5.56 Å². The van der Waals surface area contributed by atoms with E-state index < -0.39 is 0 Å². The van der Waals surface area contributed by atoms with Gasteiger partial charge in [-0.15, -0.1) is 11.6 Å². The third kappa shape index (κ3) is 3.83. The second-order valence-corrected chi connectivity index (χ2v) is 4.75. The third-order valence-corrected chi connectivity index (χ3v) is 2.99. The standard InChI is InChI=1S/C14H16ClN3O/c1-18-9-13(16-10-18)14(19)17-12-6-2-4-11(8-12)5-3-7-15/h2,4,6,8-10H,3,5,7H2,1H3,(H,17,19). The van der Waals surface area contributed by atoms with E-state index in [4.69, 9.17) is 11.6 Å². The molecule has 19 heavy (non-hydrogen) atoms. The SMILES string of the molecule is Cn1cnc(C(=O)Nc2cccc(CCCCl)c2)c1. The second-order valence-electron chi connectivity index (χ2n) is 4.37. The first kappa shape index (κ1) is 13.6. The fraction of sp³-hybridized carbons (Fsp3) is 0.286. The highest BCUT2D eigenvalue weighted by Gasteiger charge is 2.08. The number of alkyl halides is 1. The number of halogens is 1. The van der Waals surface area contributed by atoms with Crippen LogP contribution in [0.1, 0.15) is 22.5 Å². The van der Waals surface area contributed by atoms with E-state index >= 15 is 0 Å². The molecule has 5 heteroatoms. The fourth-order valence-electron chi connectivity index (χ4n) is 1.80. The minimum atomic E-state index is -0.199. The third-order valence-electron chi connectivity index (χ3n) is 2.72. The molecule has 0 aliphatic heterocycles. The van der Waals surface area contributed by atoms with Gasteiger partial charge in [0, 0.05) is 24.8 Å². The van der Waals surface area contributed by atoms with Gasteiger partial charge in [-0.3, -0.25) is 4.79 Å². The van der Waals surface area contributed by atoms with Gasteiger partial charge in [0.05, 0.1) is 6.33 Å². The molecule has 2 aromatic rings. The number of amides is 1. The average Bonchev–Trinajstić information content (AvgIpc) is 2.83. The first-order valence-electron chi connectivity index (χ1n) is 6.13. The molecule has 0 aliphatic rings. The van der Waals surface area contributed by atoms with Crippen LogP contribution in [0.2, 0.25) is 0 Å². The number of rotatable bonds is 5. The molecular weight excluding hydrogens is 262 g/mol. The Kier molecular flexibility index (Phi) is 4.58. The van der Waals surface area contributed by atoms with Gasteiger partial charge in [-0.2, -0.15) is 0 Å². The van der Waals surface area contributed by atoms with Gasteiger partial charge in [-0.25, -0.2) is 4.98 Å². The zero-order valence-electron chi connectivity index (χ0n) is 10.8. The van der Waals surface area contributed by atoms with E-state index in [-0.39, 0.29) is 5.91 Å². The van der Waals surface area contributed by atoms with Gasteiger partial charge in [0.15, 0.2) is 0 Å². The maximum atomic E-state index is 11.9. The zero-order valence-corrected chi connectivity index (χ0v) is 11.5. The van der Waals surface area contributed by atoms with E-state index in [0.717, 1.165) is 18.5 Å². The lowest BCUT2D eigenvalue weighted by Crippen LogP contribution is -2.12. The molecule has 0 aliphatic carbocycles. The Bertz CT molecular complexity index is 565. The number of aryl methyl sites for hydroxylation is 2. The van der Waals surface area contributed by atoms with Crippen LogP contribution in [-0.2, 0) is 13.5 Å². The lowest BCUT2D eigenvalue weighted by molar-refractivity contribution is 0.102. The average molecular weight is 278 g/mol. The van der Waals surface area contributed by atoms with Gasteiger partial charge >= 0.3 is 0 Å². The Morgan fingerprint density at radius 3 is 3.00 bits per heavy atom. The van der Waals surface area contributed by atoms with Crippen LogP contribution in [0, 0.1) is 0 Å². The first-order valence-corrected chi connectivity index (χ1v) is 6.66. The molecule has 1 N–H and O–H groups in total. The van der Waals surface area contributed by atoms with Crippen molar-refractivity contribution in [3.05, 3.63) is 48.0 Å². The maximum Gasteiger partial charge on any atom is 0.275 e. The van der Waals surface area contributed by atoms with Crippen molar-refractivity contribution in [2.24, 2.45) is 7.05 Å². The monoisotopic (exact) mass is 277 g/mol. The summed E-state index contributed by atoms with van der Waals surface area (Å²) in [5.41, 5.74) is 2.36. The van der Waals surface area contributed by atoms with Crippen molar-refractivity contribution in [2.75, 3.05) is 11.2 Å². The molecule has 0 spiro atoms. The van der Waals surface area contributed by atoms with Crippen molar-refractivity contribution in [3.8, 4) is 0 Å². The van der Waals surface area contributed by atoms with Gasteiger partial charge in [0.25, 0.3) is 5.91 Å². The minimum Gasteiger partial charge on any atom is -0.340 e. The lowest BCUT2D eigenvalue weighted by Gasteiger charge is -2.05. The molecule has 2 rings (SSSR count). The number of nitrogens with zero attached hydrogens (tertiary/aromatic N) is 2. The summed E-state index contributed by atoms with van der Waals surface area (Å²) in [5, 5.41) is 2.84. The van der Waals surface area contributed by atoms with Crippen molar-refractivity contribution >= 4 is 23.2 Å². The Balaban J connectivity index is 2.04. The molecule has 1 aromatic heterocycles. The van der Waals surface area contributed by atoms with Crippen LogP contribution in [0.4, 0.5) is 5.69 Å². The van der Waals surface area contributed by atoms with Crippen molar-refractivity contribution in [3.63, 3.8) is 0 Å². The lowest BCUT2D eigenvalue weighted by atomic mass is 10.1. The summed E-state index contributed by atoms with van der Waals surface area (Å²) in [4.78, 5) is 16.0. The van der Waals surface area contributed by atoms with E-state index in [1.54, 1.807) is 17.1 Å². The molecule has 1 aromatic carbocycles. The Hall–Kier alpha value is -1.81. The smallest absolute Gasteiger partial charge is 0.275 e. The summed E-state index contributed by atoms with van der Waals surface area (Å²) < 4.78 is 1.74. The van der Waals surface area contributed by atoms with Crippen LogP contribution < -0.4 is 5.32 Å². The van der Waals surface area contributed by atoms with Crippen LogP contribution in [0.5, 0.6) is 0 Å². The van der Waals surface area contributed by atoms with Crippen LogP contribution in [0.15, 0.2) is 36.8 Å². The second kappa shape index (κ2) is 6.38. The molecule has 1 amide bonds. The van der Waals surface area contributed by atoms with Crippen molar-refractivity contribution in [1.29, 1.82) is 0 Å². The number of anilines is 1. The topological polar surface area (TPSA) is 46.9 Å². The molecular formula is C14H16ClN3O. The largest absolute Gasteiger partial charge is 0.340 e. The van der Waals surface area contributed by atoms with E-state index in [0.29, 0.717) is 11.6 Å². The van der Waals surface area contributed by atoms with Gasteiger partial charge in [-0.05, 0) is 30.5 Å². The predicted molar refractivity (Wildman–Crippen MR) is 76.6 cm³/mol. The number of hydrogen-bond donors (Lipinski definition) is 1. The molecule has 0 atom stereocenters. The number of carbonyl (C=O) groups is 1. The normalized spacial score (nSPS) is 10.4. The molecule has 100 valence electrons. The first-order chi connectivity index (χ1) is 9.19. The van der Waals surface area contributed by atoms with Crippen molar-refractivity contribution in [2.45, 2.75) is 12.8 Å². The predicted octanol–water partition coefficient (Wildman–Crippen LogP) is 2.84. The van der Waals surface area contributed by atoms with Gasteiger partial charge < -0.3 is 9.88 Å². The van der Waals surface area contributed by atoms with Gasteiger partial charge in [0.2, 0.25) is 0 Å². The van der Waals surface area contributed by atoms with E-state index in [9.17, 15) is 4.79 Å². The molecule has 0 unspecified atom stereocenters. The highest BCUT2D eigenvalue weighted by atomic mass is 35.5. The van der Waals surface area contributed by atoms with Gasteiger partial charge in [0.1, 0.15) is 5.69 Å². The minimum absolute atomic E-state index is 0.199. The summed E-state index contributed by atoms with van der Waals surface area (Å²) in [6.07, 6.45) is 5.13. The Morgan fingerprint density at radius 2 is 2.32 bits per heavy atom. The summed E-state index contributed by atoms with van der Waals surface area (Å²) in [6.45, 7) is 0. The summed E-state index contributed by atoms with van der Waals surface area (Å²) in [5.74, 6) is 0.444. The summed E-state index contributed by atoms with van der Waals surface area (Å²) in [7, 11) is 1.83. The van der Waals surface area contributed by atoms with Crippen LogP contribution in [0.3, 0.4) is 0 Å². The van der Waals surface area contributed by atoms with Crippen molar-refractivity contribution < 1.29 is 4.79 Å². The van der Waals surface area contributed by atoms with E-state index in [2.05, 4.69) is 10.3 Å². The Morgan fingerprint density at radius 1 is 1.47 bits per heavy atom. The number of carbonyl (C=O) groups excluding carboxylic acids is 1.